The average Bonchev–Trinajstić information content (AvgIpc) is 1.82. The van der Waals surface area contributed by atoms with Crippen molar-refractivity contribution in [2.24, 2.45) is 0 Å². The third-order valence-electron chi connectivity index (χ3n) is 1.29. The van der Waals surface area contributed by atoms with Gasteiger partial charge in [0.2, 0.25) is 0 Å². The average molecular weight is 248 g/mol. The molecular formula is C6H13NaO7Si. The van der Waals surface area contributed by atoms with Gasteiger partial charge in [0, 0.05) is 0 Å². The quantitative estimate of drug-likeness (QED) is 0.374. The zero-order valence-electron chi connectivity index (χ0n) is 6.43. The standard InChI is InChI=1S/C6H8O7.Na.H4Si.H/c7-3(8)1-6(13,5(11)12)2-4(9)10;;;/h13H,1-2H2,(H,7,8)(H,9,10)(H,11,12);;1H4;. The van der Waals surface area contributed by atoms with Gasteiger partial charge in [-0.1, -0.05) is 0 Å². The van der Waals surface area contributed by atoms with E-state index >= 15 is 0 Å². The molecule has 0 fully saturated rings. The maximum atomic E-state index is 10.3. The molecule has 0 radical (unpaired) electrons. The SMILES string of the molecule is O=C(O)CC(O)(CC(=O)O)C(=O)O.[NaH].[SiH4]. The first-order valence-electron chi connectivity index (χ1n) is 3.17. The molecule has 0 aromatic carbocycles. The Morgan fingerprint density at radius 1 is 0.933 bits per heavy atom. The predicted octanol–water partition coefficient (Wildman–Crippen LogP) is -3.35. The van der Waals surface area contributed by atoms with Gasteiger partial charge in [0.05, 0.1) is 12.8 Å². The smallest absolute Gasteiger partial charge is 0.0149 e. The molecule has 7 nitrogen and oxygen atoms in total. The number of carbonyl (C=O) groups is 3. The first-order chi connectivity index (χ1) is 5.78. The fraction of sp³-hybridized carbons (Fsp3) is 0.500. The molecule has 0 bridgehead atoms. The van der Waals surface area contributed by atoms with Crippen LogP contribution >= 0.6 is 0 Å². The number of hydrogen-bond acceptors (Lipinski definition) is 4. The van der Waals surface area contributed by atoms with Crippen molar-refractivity contribution < 1.29 is 34.8 Å². The van der Waals surface area contributed by atoms with Crippen molar-refractivity contribution in [3.63, 3.8) is 0 Å². The van der Waals surface area contributed by atoms with Crippen LogP contribution < -0.4 is 0 Å². The minimum absolute atomic E-state index is 0. The monoisotopic (exact) mass is 248 g/mol. The van der Waals surface area contributed by atoms with E-state index < -0.39 is 36.4 Å². The third-order valence-corrected chi connectivity index (χ3v) is 1.29. The number of rotatable bonds is 5. The fourth-order valence-corrected chi connectivity index (χ4v) is 0.714. The van der Waals surface area contributed by atoms with Gasteiger partial charge in [-0.05, 0) is 11.0 Å². The number of aliphatic hydroxyl groups is 1. The zero-order valence-corrected chi connectivity index (χ0v) is 6.43. The molecule has 0 saturated heterocycles. The van der Waals surface area contributed by atoms with E-state index in [-0.39, 0.29) is 40.5 Å². The number of carboxylic acid groups (broad SMARTS) is 3. The Kier molecular flexibility index (Phi) is 10.5. The van der Waals surface area contributed by atoms with Gasteiger partial charge < -0.3 is 20.4 Å². The molecule has 0 aromatic rings. The topological polar surface area (TPSA) is 132 Å². The molecule has 0 unspecified atom stereocenters. The van der Waals surface area contributed by atoms with Crippen LogP contribution in [0.15, 0.2) is 0 Å². The number of hydrogen-bond donors (Lipinski definition) is 4. The first-order valence-corrected chi connectivity index (χ1v) is 3.17. The second kappa shape index (κ2) is 7.82. The van der Waals surface area contributed by atoms with Gasteiger partial charge in [0.15, 0.2) is 5.60 Å². The van der Waals surface area contributed by atoms with Crippen LogP contribution in [0.25, 0.3) is 0 Å². The molecule has 0 atom stereocenters. The summed E-state index contributed by atoms with van der Waals surface area (Å²) in [4.78, 5) is 30.5. The maximum Gasteiger partial charge on any atom is -0.0149 e. The second-order valence-electron chi connectivity index (χ2n) is 2.48. The van der Waals surface area contributed by atoms with Crippen LogP contribution in [0.1, 0.15) is 12.8 Å². The van der Waals surface area contributed by atoms with Gasteiger partial charge in [-0.15, -0.1) is 0 Å². The van der Waals surface area contributed by atoms with E-state index in [2.05, 4.69) is 0 Å². The Morgan fingerprint density at radius 2 is 1.20 bits per heavy atom. The van der Waals surface area contributed by atoms with Crippen LogP contribution in [0.3, 0.4) is 0 Å². The molecule has 0 aliphatic carbocycles. The van der Waals surface area contributed by atoms with E-state index in [0.29, 0.717) is 0 Å². The van der Waals surface area contributed by atoms with Crippen LogP contribution in [0.4, 0.5) is 0 Å². The predicted molar refractivity (Wildman–Crippen MR) is 55.6 cm³/mol. The van der Waals surface area contributed by atoms with E-state index in [1.165, 1.54) is 0 Å². The van der Waals surface area contributed by atoms with Crippen molar-refractivity contribution in [2.75, 3.05) is 0 Å². The zero-order chi connectivity index (χ0) is 10.6. The van der Waals surface area contributed by atoms with Gasteiger partial charge in [0.1, 0.15) is 0 Å². The summed E-state index contributed by atoms with van der Waals surface area (Å²) in [7, 11) is 0. The summed E-state index contributed by atoms with van der Waals surface area (Å²) in [5.74, 6) is -5.02. The summed E-state index contributed by atoms with van der Waals surface area (Å²) >= 11 is 0. The Balaban J connectivity index is -0.000000720. The first kappa shape index (κ1) is 20.1. The van der Waals surface area contributed by atoms with E-state index in [1.54, 1.807) is 0 Å². The largest absolute Gasteiger partial charge is 0.0149 e. The van der Waals surface area contributed by atoms with E-state index in [4.69, 9.17) is 20.4 Å². The summed E-state index contributed by atoms with van der Waals surface area (Å²) in [5, 5.41) is 33.8. The molecule has 0 aliphatic heterocycles. The molecule has 0 aromatic heterocycles. The summed E-state index contributed by atoms with van der Waals surface area (Å²) < 4.78 is 0. The molecule has 15 heavy (non-hydrogen) atoms. The summed E-state index contributed by atoms with van der Waals surface area (Å²) in [6.45, 7) is 0. The van der Waals surface area contributed by atoms with E-state index in [0.717, 1.165) is 0 Å². The molecule has 4 N–H and O–H groups in total. The third kappa shape index (κ3) is 7.51. The summed E-state index contributed by atoms with van der Waals surface area (Å²) in [6.07, 6.45) is -2.29. The molecule has 0 heterocycles. The van der Waals surface area contributed by atoms with Crippen LogP contribution in [0.5, 0.6) is 0 Å². The minimum Gasteiger partial charge on any atom is -0.0149 e. The van der Waals surface area contributed by atoms with E-state index in [1.807, 2.05) is 0 Å². The molecule has 0 rings (SSSR count). The van der Waals surface area contributed by atoms with Gasteiger partial charge in [-0.25, -0.2) is 4.79 Å². The van der Waals surface area contributed by atoms with Crippen molar-refractivity contribution in [3.05, 3.63) is 0 Å². The van der Waals surface area contributed by atoms with Gasteiger partial charge >= 0.3 is 47.5 Å². The number of aliphatic carboxylic acids is 3. The Hall–Kier alpha value is -0.413. The van der Waals surface area contributed by atoms with Crippen LogP contribution in [0.2, 0.25) is 0 Å². The van der Waals surface area contributed by atoms with Gasteiger partial charge in [-0.3, -0.25) is 9.59 Å². The van der Waals surface area contributed by atoms with Crippen molar-refractivity contribution in [1.29, 1.82) is 0 Å². The molecular weight excluding hydrogens is 235 g/mol. The van der Waals surface area contributed by atoms with Gasteiger partial charge in [0.25, 0.3) is 0 Å². The van der Waals surface area contributed by atoms with Crippen molar-refractivity contribution in [2.45, 2.75) is 18.4 Å². The Morgan fingerprint density at radius 3 is 1.33 bits per heavy atom. The molecule has 84 valence electrons. The Labute approximate surface area is 111 Å². The van der Waals surface area contributed by atoms with Crippen molar-refractivity contribution in [3.8, 4) is 0 Å². The van der Waals surface area contributed by atoms with Crippen LogP contribution in [0, 0.1) is 0 Å². The van der Waals surface area contributed by atoms with Crippen molar-refractivity contribution >= 4 is 58.4 Å². The van der Waals surface area contributed by atoms with Crippen LogP contribution in [-0.2, 0) is 14.4 Å². The number of carboxylic acids is 3. The summed E-state index contributed by atoms with van der Waals surface area (Å²) in [5.41, 5.74) is -2.74. The molecule has 0 saturated carbocycles. The van der Waals surface area contributed by atoms with E-state index in [9.17, 15) is 14.4 Å². The second-order valence-corrected chi connectivity index (χ2v) is 2.48. The van der Waals surface area contributed by atoms with Crippen LogP contribution in [-0.4, -0.2) is 84.5 Å². The molecule has 0 spiro atoms. The fourth-order valence-electron chi connectivity index (χ4n) is 0.714. The molecule has 0 aliphatic rings. The molecule has 9 heteroatoms. The molecule has 0 amide bonds. The van der Waals surface area contributed by atoms with Crippen molar-refractivity contribution in [1.82, 2.24) is 0 Å². The minimum atomic E-state index is -2.74. The Bertz CT molecular complexity index is 238. The summed E-state index contributed by atoms with van der Waals surface area (Å²) in [6, 6.07) is 0. The van der Waals surface area contributed by atoms with Gasteiger partial charge in [-0.2, -0.15) is 0 Å². The normalized spacial score (nSPS) is 9.40. The maximum absolute atomic E-state index is 10.3.